The number of carbonyl (C=O) groups is 1. The summed E-state index contributed by atoms with van der Waals surface area (Å²) in [5.74, 6) is 0.797. The second-order valence-corrected chi connectivity index (χ2v) is 8.92. The molecule has 33 heavy (non-hydrogen) atoms. The van der Waals surface area contributed by atoms with Crippen LogP contribution in [0.5, 0.6) is 5.75 Å². The van der Waals surface area contributed by atoms with Crippen molar-refractivity contribution in [3.05, 3.63) is 102 Å². The molecule has 0 N–H and O–H groups in total. The number of nitrogens with zero attached hydrogens (tertiary/aromatic N) is 4. The van der Waals surface area contributed by atoms with E-state index in [0.29, 0.717) is 18.2 Å². The molecule has 0 bridgehead atoms. The molecule has 4 rings (SSSR count). The molecule has 0 saturated carbocycles. The van der Waals surface area contributed by atoms with Crippen LogP contribution in [0, 0.1) is 0 Å². The van der Waals surface area contributed by atoms with Crippen LogP contribution >= 0.6 is 11.8 Å². The fraction of sp³-hybridized carbons (Fsp3) is 0.192. The van der Waals surface area contributed by atoms with Crippen LogP contribution in [0.25, 0.3) is 5.69 Å². The highest BCUT2D eigenvalue weighted by atomic mass is 32.2. The summed E-state index contributed by atoms with van der Waals surface area (Å²) in [6.45, 7) is 3.00. The average Bonchev–Trinajstić information content (AvgIpc) is 3.32. The smallest absolute Gasteiger partial charge is 0.236 e. The Morgan fingerprint density at radius 1 is 0.970 bits per heavy atom. The molecule has 0 fully saturated rings. The topological polar surface area (TPSA) is 60.2 Å². The highest BCUT2D eigenvalue weighted by Crippen LogP contribution is 2.27. The molecule has 0 aliphatic rings. The lowest BCUT2D eigenvalue weighted by Gasteiger charge is -2.26. The lowest BCUT2D eigenvalue weighted by molar-refractivity contribution is -0.131. The molecular formula is C26H26N4O2S. The van der Waals surface area contributed by atoms with Gasteiger partial charge in [-0.15, -0.1) is 10.2 Å². The van der Waals surface area contributed by atoms with Gasteiger partial charge in [-0.05, 0) is 30.2 Å². The van der Waals surface area contributed by atoms with Gasteiger partial charge in [0, 0.05) is 19.2 Å². The summed E-state index contributed by atoms with van der Waals surface area (Å²) in [5, 5.41) is 8.65. The summed E-state index contributed by atoms with van der Waals surface area (Å²) in [4.78, 5) is 15.5. The summed E-state index contributed by atoms with van der Waals surface area (Å²) in [5.41, 5.74) is 3.07. The fourth-order valence-corrected chi connectivity index (χ4v) is 4.45. The molecule has 0 radical (unpaired) electrons. The van der Waals surface area contributed by atoms with Gasteiger partial charge in [0.1, 0.15) is 12.1 Å². The van der Waals surface area contributed by atoms with E-state index < -0.39 is 0 Å². The van der Waals surface area contributed by atoms with E-state index in [-0.39, 0.29) is 11.2 Å². The van der Waals surface area contributed by atoms with Crippen molar-refractivity contribution < 1.29 is 9.53 Å². The zero-order valence-corrected chi connectivity index (χ0v) is 19.5. The van der Waals surface area contributed by atoms with Gasteiger partial charge in [-0.3, -0.25) is 9.36 Å². The number of ether oxygens (including phenoxy) is 1. The number of hydrogen-bond acceptors (Lipinski definition) is 5. The Labute approximate surface area is 198 Å². The Hall–Kier alpha value is -3.58. The van der Waals surface area contributed by atoms with Gasteiger partial charge in [0.15, 0.2) is 5.16 Å². The van der Waals surface area contributed by atoms with Crippen LogP contribution in [-0.4, -0.2) is 37.9 Å². The van der Waals surface area contributed by atoms with Gasteiger partial charge in [0.2, 0.25) is 5.91 Å². The van der Waals surface area contributed by atoms with E-state index in [0.717, 1.165) is 22.6 Å². The number of aromatic nitrogens is 3. The number of rotatable bonds is 9. The van der Waals surface area contributed by atoms with E-state index in [1.54, 1.807) is 13.4 Å². The lowest BCUT2D eigenvalue weighted by atomic mass is 10.1. The van der Waals surface area contributed by atoms with Crippen LogP contribution in [0.3, 0.4) is 0 Å². The predicted octanol–water partition coefficient (Wildman–Crippen LogP) is 4.99. The van der Waals surface area contributed by atoms with Crippen molar-refractivity contribution in [2.24, 2.45) is 0 Å². The summed E-state index contributed by atoms with van der Waals surface area (Å²) in [7, 11) is 1.63. The van der Waals surface area contributed by atoms with Crippen LogP contribution in [0.4, 0.5) is 0 Å². The molecule has 3 aromatic carbocycles. The molecule has 1 unspecified atom stereocenters. The molecule has 7 heteroatoms. The highest BCUT2D eigenvalue weighted by molar-refractivity contribution is 8.00. The second-order valence-electron chi connectivity index (χ2n) is 7.61. The quantitative estimate of drug-likeness (QED) is 0.331. The Kier molecular flexibility index (Phi) is 7.42. The third kappa shape index (κ3) is 5.81. The summed E-state index contributed by atoms with van der Waals surface area (Å²) < 4.78 is 7.21. The monoisotopic (exact) mass is 458 g/mol. The normalized spacial score (nSPS) is 11.7. The number of benzene rings is 3. The SMILES string of the molecule is COc1cccc(-n2cnnc2SC(C)C(=O)N(Cc2ccccc2)Cc2ccccc2)c1. The molecule has 0 aliphatic heterocycles. The fourth-order valence-electron chi connectivity index (χ4n) is 3.53. The van der Waals surface area contributed by atoms with E-state index in [1.165, 1.54) is 11.8 Å². The molecule has 168 valence electrons. The van der Waals surface area contributed by atoms with Gasteiger partial charge in [-0.1, -0.05) is 78.5 Å². The van der Waals surface area contributed by atoms with Gasteiger partial charge in [0.25, 0.3) is 0 Å². The maximum absolute atomic E-state index is 13.6. The third-order valence-electron chi connectivity index (χ3n) is 5.22. The largest absolute Gasteiger partial charge is 0.497 e. The maximum atomic E-state index is 13.6. The van der Waals surface area contributed by atoms with E-state index in [1.807, 2.05) is 101 Å². The van der Waals surface area contributed by atoms with Crippen molar-refractivity contribution in [3.8, 4) is 11.4 Å². The molecule has 0 saturated heterocycles. The van der Waals surface area contributed by atoms with E-state index in [2.05, 4.69) is 10.2 Å². The third-order valence-corrected chi connectivity index (χ3v) is 6.27. The van der Waals surface area contributed by atoms with Crippen molar-refractivity contribution >= 4 is 17.7 Å². The van der Waals surface area contributed by atoms with Crippen LogP contribution in [0.15, 0.2) is 96.4 Å². The molecule has 1 amide bonds. The van der Waals surface area contributed by atoms with Crippen molar-refractivity contribution in [3.63, 3.8) is 0 Å². The van der Waals surface area contributed by atoms with Crippen LogP contribution in [0.2, 0.25) is 0 Å². The van der Waals surface area contributed by atoms with Crippen molar-refractivity contribution in [1.82, 2.24) is 19.7 Å². The van der Waals surface area contributed by atoms with Crippen LogP contribution in [-0.2, 0) is 17.9 Å². The maximum Gasteiger partial charge on any atom is 0.236 e. The van der Waals surface area contributed by atoms with Crippen molar-refractivity contribution in [1.29, 1.82) is 0 Å². The van der Waals surface area contributed by atoms with Crippen molar-refractivity contribution in [2.75, 3.05) is 7.11 Å². The average molecular weight is 459 g/mol. The summed E-state index contributed by atoms with van der Waals surface area (Å²) >= 11 is 1.40. The first-order chi connectivity index (χ1) is 16.1. The predicted molar refractivity (Wildman–Crippen MR) is 130 cm³/mol. The molecule has 4 aromatic rings. The minimum atomic E-state index is -0.342. The first-order valence-corrected chi connectivity index (χ1v) is 11.6. The van der Waals surface area contributed by atoms with E-state index >= 15 is 0 Å². The highest BCUT2D eigenvalue weighted by Gasteiger charge is 2.24. The summed E-state index contributed by atoms with van der Waals surface area (Å²) in [6, 6.07) is 27.8. The second kappa shape index (κ2) is 10.8. The number of thioether (sulfide) groups is 1. The Balaban J connectivity index is 1.53. The first-order valence-electron chi connectivity index (χ1n) is 10.7. The summed E-state index contributed by atoms with van der Waals surface area (Å²) in [6.07, 6.45) is 1.65. The zero-order valence-electron chi connectivity index (χ0n) is 18.7. The molecule has 1 heterocycles. The Bertz CT molecular complexity index is 1140. The molecule has 0 aliphatic carbocycles. The first kappa shape index (κ1) is 22.6. The van der Waals surface area contributed by atoms with Gasteiger partial charge in [0.05, 0.1) is 18.0 Å². The molecule has 0 spiro atoms. The van der Waals surface area contributed by atoms with Gasteiger partial charge in [-0.2, -0.15) is 0 Å². The number of hydrogen-bond donors (Lipinski definition) is 0. The van der Waals surface area contributed by atoms with Gasteiger partial charge in [-0.25, -0.2) is 0 Å². The standard InChI is InChI=1S/C26H26N4O2S/c1-20(33-26-28-27-19-30(26)23-14-9-15-24(16-23)32-2)25(31)29(17-21-10-5-3-6-11-21)18-22-12-7-4-8-13-22/h3-16,19-20H,17-18H2,1-2H3. The minimum absolute atomic E-state index is 0.0490. The zero-order chi connectivity index (χ0) is 23.0. The number of carbonyl (C=O) groups excluding carboxylic acids is 1. The molecule has 6 nitrogen and oxygen atoms in total. The van der Waals surface area contributed by atoms with E-state index in [9.17, 15) is 4.79 Å². The number of methoxy groups -OCH3 is 1. The van der Waals surface area contributed by atoms with Gasteiger partial charge >= 0.3 is 0 Å². The van der Waals surface area contributed by atoms with Gasteiger partial charge < -0.3 is 9.64 Å². The Morgan fingerprint density at radius 3 is 2.21 bits per heavy atom. The van der Waals surface area contributed by atoms with Crippen LogP contribution < -0.4 is 4.74 Å². The number of amides is 1. The van der Waals surface area contributed by atoms with E-state index in [4.69, 9.17) is 4.74 Å². The van der Waals surface area contributed by atoms with Crippen molar-refractivity contribution in [2.45, 2.75) is 30.4 Å². The molecular weight excluding hydrogens is 432 g/mol. The minimum Gasteiger partial charge on any atom is -0.497 e. The Morgan fingerprint density at radius 2 is 1.61 bits per heavy atom. The molecule has 1 aromatic heterocycles. The lowest BCUT2D eigenvalue weighted by Crippen LogP contribution is -2.35. The van der Waals surface area contributed by atoms with Crippen LogP contribution in [0.1, 0.15) is 18.1 Å². The molecule has 1 atom stereocenters.